The number of aromatic nitrogens is 3. The van der Waals surface area contributed by atoms with Crippen molar-refractivity contribution in [2.45, 2.75) is 6.42 Å². The Labute approximate surface area is 160 Å². The van der Waals surface area contributed by atoms with Gasteiger partial charge in [-0.2, -0.15) is 4.98 Å². The molecule has 1 aliphatic heterocycles. The molecule has 2 aromatic carbocycles. The van der Waals surface area contributed by atoms with Gasteiger partial charge in [0, 0.05) is 29.2 Å². The predicted molar refractivity (Wildman–Crippen MR) is 102 cm³/mol. The summed E-state index contributed by atoms with van der Waals surface area (Å²) < 4.78 is 0. The molecule has 8 heteroatoms. The minimum Gasteiger partial charge on any atom is -0.312 e. The first-order valence-corrected chi connectivity index (χ1v) is 8.82. The van der Waals surface area contributed by atoms with Gasteiger partial charge in [0.25, 0.3) is 0 Å². The van der Waals surface area contributed by atoms with Crippen LogP contribution in [0.2, 0.25) is 5.02 Å². The van der Waals surface area contributed by atoms with Crippen molar-refractivity contribution >= 4 is 35.1 Å². The number of benzene rings is 2. The summed E-state index contributed by atoms with van der Waals surface area (Å²) in [4.78, 5) is 30.7. The van der Waals surface area contributed by atoms with E-state index in [2.05, 4.69) is 20.5 Å². The van der Waals surface area contributed by atoms with Crippen LogP contribution in [-0.4, -0.2) is 33.5 Å². The van der Waals surface area contributed by atoms with E-state index in [-0.39, 0.29) is 24.2 Å². The normalized spacial score (nSPS) is 16.6. The third kappa shape index (κ3) is 3.68. The van der Waals surface area contributed by atoms with Crippen LogP contribution < -0.4 is 10.2 Å². The molecule has 0 saturated carbocycles. The molecule has 0 radical (unpaired) electrons. The second-order valence-corrected chi connectivity index (χ2v) is 6.68. The third-order valence-corrected chi connectivity index (χ3v) is 4.62. The van der Waals surface area contributed by atoms with Gasteiger partial charge in [0.2, 0.25) is 17.8 Å². The minimum absolute atomic E-state index is 0.114. The molecule has 1 aliphatic rings. The van der Waals surface area contributed by atoms with Gasteiger partial charge in [-0.25, -0.2) is 0 Å². The van der Waals surface area contributed by atoms with Crippen LogP contribution in [0.1, 0.15) is 6.42 Å². The first kappa shape index (κ1) is 17.2. The summed E-state index contributed by atoms with van der Waals surface area (Å²) >= 11 is 5.99. The number of amides is 2. The zero-order valence-electron chi connectivity index (χ0n) is 14.2. The summed E-state index contributed by atoms with van der Waals surface area (Å²) in [5.74, 6) is -0.125. The molecule has 7 nitrogen and oxygen atoms in total. The smallest absolute Gasteiger partial charge is 0.249 e. The number of nitrogens with zero attached hydrogens (tertiary/aromatic N) is 3. The third-order valence-electron chi connectivity index (χ3n) is 4.38. The number of aromatic amines is 1. The van der Waals surface area contributed by atoms with Crippen LogP contribution in [0.4, 0.5) is 11.6 Å². The number of anilines is 2. The molecule has 3 aromatic rings. The molecule has 27 heavy (non-hydrogen) atoms. The fourth-order valence-electron chi connectivity index (χ4n) is 3.03. The second kappa shape index (κ2) is 7.20. The molecular formula is C19H16ClN5O2. The molecule has 1 saturated heterocycles. The minimum atomic E-state index is -0.477. The van der Waals surface area contributed by atoms with Crippen LogP contribution in [0.5, 0.6) is 0 Å². The van der Waals surface area contributed by atoms with Crippen LogP contribution in [0.3, 0.4) is 0 Å². The van der Waals surface area contributed by atoms with Crippen molar-refractivity contribution < 1.29 is 9.59 Å². The topological polar surface area (TPSA) is 91.0 Å². The standard InChI is InChI=1S/C19H16ClN5O2/c20-14-7-4-8-15(10-14)25-11-13(9-16(25)26)18(27)22-19-21-17(23-24-19)12-5-2-1-3-6-12/h1-8,10,13H,9,11H2,(H2,21,22,23,24,27). The summed E-state index contributed by atoms with van der Waals surface area (Å²) in [7, 11) is 0. The number of hydrogen-bond donors (Lipinski definition) is 2. The summed E-state index contributed by atoms with van der Waals surface area (Å²) in [6.07, 6.45) is 0.133. The highest BCUT2D eigenvalue weighted by Gasteiger charge is 2.35. The van der Waals surface area contributed by atoms with E-state index >= 15 is 0 Å². The van der Waals surface area contributed by atoms with Crippen molar-refractivity contribution in [1.82, 2.24) is 15.2 Å². The summed E-state index contributed by atoms with van der Waals surface area (Å²) in [5.41, 5.74) is 1.56. The lowest BCUT2D eigenvalue weighted by Gasteiger charge is -2.16. The van der Waals surface area contributed by atoms with Crippen LogP contribution >= 0.6 is 11.6 Å². The maximum Gasteiger partial charge on any atom is 0.249 e. The van der Waals surface area contributed by atoms with Gasteiger partial charge in [-0.15, -0.1) is 5.10 Å². The molecule has 1 atom stereocenters. The first-order chi connectivity index (χ1) is 13.1. The van der Waals surface area contributed by atoms with Crippen molar-refractivity contribution in [3.05, 3.63) is 59.6 Å². The van der Waals surface area contributed by atoms with E-state index < -0.39 is 5.92 Å². The molecule has 1 aromatic heterocycles. The lowest BCUT2D eigenvalue weighted by molar-refractivity contribution is -0.122. The fraction of sp³-hybridized carbons (Fsp3) is 0.158. The molecule has 0 spiro atoms. The van der Waals surface area contributed by atoms with Crippen molar-refractivity contribution in [3.8, 4) is 11.4 Å². The molecule has 4 rings (SSSR count). The van der Waals surface area contributed by atoms with E-state index in [4.69, 9.17) is 11.6 Å². The molecular weight excluding hydrogens is 366 g/mol. The number of nitrogens with one attached hydrogen (secondary N) is 2. The molecule has 1 unspecified atom stereocenters. The number of hydrogen-bond acceptors (Lipinski definition) is 4. The van der Waals surface area contributed by atoms with Crippen LogP contribution in [0.25, 0.3) is 11.4 Å². The van der Waals surface area contributed by atoms with Gasteiger partial charge in [0.15, 0.2) is 5.82 Å². The van der Waals surface area contributed by atoms with Gasteiger partial charge in [-0.3, -0.25) is 20.0 Å². The van der Waals surface area contributed by atoms with Crippen molar-refractivity contribution in [2.75, 3.05) is 16.8 Å². The Morgan fingerprint density at radius 3 is 2.78 bits per heavy atom. The number of carbonyl (C=O) groups excluding carboxylic acids is 2. The highest BCUT2D eigenvalue weighted by Crippen LogP contribution is 2.27. The summed E-state index contributed by atoms with van der Waals surface area (Å²) in [6, 6.07) is 16.5. The van der Waals surface area contributed by atoms with Crippen molar-refractivity contribution in [3.63, 3.8) is 0 Å². The fourth-order valence-corrected chi connectivity index (χ4v) is 3.22. The maximum atomic E-state index is 12.5. The Balaban J connectivity index is 1.44. The van der Waals surface area contributed by atoms with Gasteiger partial charge < -0.3 is 4.90 Å². The van der Waals surface area contributed by atoms with Gasteiger partial charge in [-0.1, -0.05) is 48.0 Å². The predicted octanol–water partition coefficient (Wildman–Crippen LogP) is 3.12. The Hall–Kier alpha value is -3.19. The highest BCUT2D eigenvalue weighted by molar-refractivity contribution is 6.31. The Bertz CT molecular complexity index is 989. The lowest BCUT2D eigenvalue weighted by atomic mass is 10.1. The largest absolute Gasteiger partial charge is 0.312 e. The SMILES string of the molecule is O=C(Nc1n[nH]c(-c2ccccc2)n1)C1CC(=O)N(c2cccc(Cl)c2)C1. The van der Waals surface area contributed by atoms with Gasteiger partial charge in [-0.05, 0) is 18.2 Å². The van der Waals surface area contributed by atoms with Gasteiger partial charge >= 0.3 is 0 Å². The number of H-pyrrole nitrogens is 1. The molecule has 2 heterocycles. The highest BCUT2D eigenvalue weighted by atomic mass is 35.5. The Kier molecular flexibility index (Phi) is 4.60. The lowest BCUT2D eigenvalue weighted by Crippen LogP contribution is -2.28. The Morgan fingerprint density at radius 2 is 2.00 bits per heavy atom. The zero-order valence-corrected chi connectivity index (χ0v) is 15.0. The van der Waals surface area contributed by atoms with Gasteiger partial charge in [0.05, 0.1) is 5.92 Å². The summed E-state index contributed by atoms with van der Waals surface area (Å²) in [6.45, 7) is 0.293. The van der Waals surface area contributed by atoms with E-state index in [0.717, 1.165) is 5.56 Å². The average molecular weight is 382 g/mol. The van der Waals surface area contributed by atoms with Gasteiger partial charge in [0.1, 0.15) is 0 Å². The molecule has 0 bridgehead atoms. The average Bonchev–Trinajstić information content (AvgIpc) is 3.29. The first-order valence-electron chi connectivity index (χ1n) is 8.45. The number of carbonyl (C=O) groups is 2. The van der Waals surface area contributed by atoms with Crippen LogP contribution in [0.15, 0.2) is 54.6 Å². The van der Waals surface area contributed by atoms with E-state index in [1.165, 1.54) is 0 Å². The number of rotatable bonds is 4. The molecule has 136 valence electrons. The van der Waals surface area contributed by atoms with E-state index in [0.29, 0.717) is 23.1 Å². The van der Waals surface area contributed by atoms with E-state index in [1.54, 1.807) is 29.2 Å². The maximum absolute atomic E-state index is 12.5. The second-order valence-electron chi connectivity index (χ2n) is 6.25. The monoisotopic (exact) mass is 381 g/mol. The van der Waals surface area contributed by atoms with Crippen molar-refractivity contribution in [1.29, 1.82) is 0 Å². The number of halogens is 1. The molecule has 2 amide bonds. The summed E-state index contributed by atoms with van der Waals surface area (Å²) in [5, 5.41) is 10.1. The van der Waals surface area contributed by atoms with Crippen LogP contribution in [0, 0.1) is 5.92 Å². The Morgan fingerprint density at radius 1 is 1.19 bits per heavy atom. The van der Waals surface area contributed by atoms with Crippen LogP contribution in [-0.2, 0) is 9.59 Å². The molecule has 1 fully saturated rings. The molecule has 0 aliphatic carbocycles. The van der Waals surface area contributed by atoms with E-state index in [9.17, 15) is 9.59 Å². The molecule has 2 N–H and O–H groups in total. The quantitative estimate of drug-likeness (QED) is 0.726. The van der Waals surface area contributed by atoms with E-state index in [1.807, 2.05) is 30.3 Å². The van der Waals surface area contributed by atoms with Crippen molar-refractivity contribution in [2.24, 2.45) is 5.92 Å². The zero-order chi connectivity index (χ0) is 18.8.